The maximum Gasteiger partial charge on any atom is 0.270 e. The van der Waals surface area contributed by atoms with Gasteiger partial charge in [-0.25, -0.2) is 13.4 Å². The lowest BCUT2D eigenvalue weighted by Gasteiger charge is -2.20. The van der Waals surface area contributed by atoms with E-state index in [-0.39, 0.29) is 24.0 Å². The molecule has 29 heavy (non-hydrogen) atoms. The largest absolute Gasteiger partial charge is 0.467 e. The zero-order valence-electron chi connectivity index (χ0n) is 15.4. The number of nitrogens with zero attached hydrogens (tertiary/aromatic N) is 3. The third kappa shape index (κ3) is 4.22. The predicted octanol–water partition coefficient (Wildman–Crippen LogP) is 2.93. The van der Waals surface area contributed by atoms with Crippen LogP contribution in [0, 0.1) is 10.1 Å². The van der Waals surface area contributed by atoms with Crippen LogP contribution in [0.3, 0.4) is 0 Å². The highest BCUT2D eigenvalue weighted by molar-refractivity contribution is 7.98. The molecule has 1 saturated heterocycles. The Bertz CT molecular complexity index is 1020. The van der Waals surface area contributed by atoms with Crippen LogP contribution >= 0.6 is 11.8 Å². The summed E-state index contributed by atoms with van der Waals surface area (Å²) in [6.07, 6.45) is 3.12. The summed E-state index contributed by atoms with van der Waals surface area (Å²) in [6, 6.07) is 6.15. The molecule has 2 aliphatic rings. The quantitative estimate of drug-likeness (QED) is 0.385. The first-order chi connectivity index (χ1) is 13.9. The van der Waals surface area contributed by atoms with E-state index in [0.717, 1.165) is 12.8 Å². The third-order valence-electron chi connectivity index (χ3n) is 4.77. The van der Waals surface area contributed by atoms with Crippen molar-refractivity contribution in [3.63, 3.8) is 0 Å². The Morgan fingerprint density at radius 2 is 2.03 bits per heavy atom. The van der Waals surface area contributed by atoms with Gasteiger partial charge in [0.1, 0.15) is 10.6 Å². The maximum atomic E-state index is 12.6. The number of benzene rings is 1. The second kappa shape index (κ2) is 8.27. The van der Waals surface area contributed by atoms with Crippen molar-refractivity contribution in [2.24, 2.45) is 0 Å². The summed E-state index contributed by atoms with van der Waals surface area (Å²) in [4.78, 5) is 15.2. The van der Waals surface area contributed by atoms with E-state index in [4.69, 9.17) is 9.47 Å². The topological polar surface area (TPSA) is 112 Å². The molecule has 4 rings (SSSR count). The minimum atomic E-state index is -3.50. The van der Waals surface area contributed by atoms with Crippen molar-refractivity contribution in [1.82, 2.24) is 9.29 Å². The molecule has 0 saturated carbocycles. The van der Waals surface area contributed by atoms with Crippen LogP contribution in [0.15, 0.2) is 40.4 Å². The molecule has 9 nitrogen and oxygen atoms in total. The first-order valence-corrected chi connectivity index (χ1v) is 11.5. The van der Waals surface area contributed by atoms with E-state index in [2.05, 4.69) is 4.98 Å². The second-order valence-electron chi connectivity index (χ2n) is 6.69. The molecular formula is C18H19N3O6S2. The minimum absolute atomic E-state index is 0.0199. The lowest BCUT2D eigenvalue weighted by molar-refractivity contribution is -0.385. The summed E-state index contributed by atoms with van der Waals surface area (Å²) in [5.74, 6) is 0.998. The normalized spacial score (nSPS) is 17.0. The van der Waals surface area contributed by atoms with Crippen LogP contribution in [0.25, 0.3) is 0 Å². The van der Waals surface area contributed by atoms with Gasteiger partial charge in [0.05, 0.1) is 16.6 Å². The van der Waals surface area contributed by atoms with Crippen molar-refractivity contribution in [1.29, 1.82) is 0 Å². The Kier molecular flexibility index (Phi) is 5.72. The van der Waals surface area contributed by atoms with Gasteiger partial charge in [0.2, 0.25) is 10.0 Å². The Labute approximate surface area is 172 Å². The van der Waals surface area contributed by atoms with Crippen molar-refractivity contribution in [2.75, 3.05) is 19.9 Å². The minimum Gasteiger partial charge on any atom is -0.467 e. The molecule has 0 bridgehead atoms. The monoisotopic (exact) mass is 437 g/mol. The number of fused-ring (bicyclic) bond motifs is 1. The summed E-state index contributed by atoms with van der Waals surface area (Å²) in [5, 5.41) is 11.8. The first-order valence-electron chi connectivity index (χ1n) is 9.05. The number of nitro groups is 1. The maximum absolute atomic E-state index is 12.6. The summed E-state index contributed by atoms with van der Waals surface area (Å²) in [7, 11) is -3.50. The van der Waals surface area contributed by atoms with Gasteiger partial charge in [0.15, 0.2) is 6.79 Å². The van der Waals surface area contributed by atoms with Gasteiger partial charge in [0.25, 0.3) is 5.69 Å². The molecule has 3 heterocycles. The standard InChI is InChI=1S/C18H19N3O6S2/c22-21(23)15-7-13-10-26-12-27-18(13)14(8-15)11-28-17-4-3-16(9-19-17)29(24,25)20-5-1-2-6-20/h3-4,7-9H,1-2,5-6,10-12H2. The van der Waals surface area contributed by atoms with Crippen LogP contribution in [0.2, 0.25) is 0 Å². The molecule has 0 N–H and O–H groups in total. The molecular weight excluding hydrogens is 418 g/mol. The molecule has 2 aliphatic heterocycles. The van der Waals surface area contributed by atoms with E-state index in [1.54, 1.807) is 12.1 Å². The average molecular weight is 437 g/mol. The highest BCUT2D eigenvalue weighted by Crippen LogP contribution is 2.36. The average Bonchev–Trinajstić information content (AvgIpc) is 3.28. The zero-order valence-corrected chi connectivity index (χ0v) is 17.1. The van der Waals surface area contributed by atoms with Crippen LogP contribution in [0.1, 0.15) is 24.0 Å². The van der Waals surface area contributed by atoms with Crippen molar-refractivity contribution >= 4 is 27.5 Å². The van der Waals surface area contributed by atoms with E-state index in [1.165, 1.54) is 34.4 Å². The first kappa shape index (κ1) is 20.1. The lowest BCUT2D eigenvalue weighted by atomic mass is 10.1. The van der Waals surface area contributed by atoms with Gasteiger partial charge < -0.3 is 9.47 Å². The van der Waals surface area contributed by atoms with Crippen LogP contribution in [-0.2, 0) is 27.1 Å². The molecule has 0 atom stereocenters. The second-order valence-corrected chi connectivity index (χ2v) is 9.63. The number of ether oxygens (including phenoxy) is 2. The van der Waals surface area contributed by atoms with Crippen LogP contribution in [0.5, 0.6) is 5.75 Å². The number of rotatable bonds is 6. The molecule has 2 aromatic rings. The highest BCUT2D eigenvalue weighted by Gasteiger charge is 2.27. The molecule has 0 aliphatic carbocycles. The van der Waals surface area contributed by atoms with Gasteiger partial charge >= 0.3 is 0 Å². The summed E-state index contributed by atoms with van der Waals surface area (Å²) in [5.41, 5.74) is 1.30. The molecule has 1 aromatic carbocycles. The van der Waals surface area contributed by atoms with Crippen LogP contribution < -0.4 is 4.74 Å². The Balaban J connectivity index is 1.51. The van der Waals surface area contributed by atoms with Gasteiger partial charge in [-0.2, -0.15) is 4.31 Å². The van der Waals surface area contributed by atoms with E-state index in [0.29, 0.717) is 40.7 Å². The van der Waals surface area contributed by atoms with Crippen molar-refractivity contribution in [2.45, 2.75) is 35.1 Å². The SMILES string of the molecule is O=[N+]([O-])c1cc2c(c(CSc3ccc(S(=O)(=O)N4CCCC4)cn3)c1)OCOC2. The molecule has 0 amide bonds. The van der Waals surface area contributed by atoms with Crippen molar-refractivity contribution in [3.05, 3.63) is 51.7 Å². The fourth-order valence-corrected chi connectivity index (χ4v) is 5.60. The van der Waals surface area contributed by atoms with Gasteiger partial charge in [-0.1, -0.05) is 0 Å². The molecule has 154 valence electrons. The van der Waals surface area contributed by atoms with E-state index in [9.17, 15) is 18.5 Å². The molecule has 0 radical (unpaired) electrons. The van der Waals surface area contributed by atoms with E-state index < -0.39 is 14.9 Å². The highest BCUT2D eigenvalue weighted by atomic mass is 32.2. The van der Waals surface area contributed by atoms with Gasteiger partial charge in [-0.05, 0) is 25.0 Å². The molecule has 0 unspecified atom stereocenters. The van der Waals surface area contributed by atoms with Gasteiger partial charge in [0, 0.05) is 48.3 Å². The van der Waals surface area contributed by atoms with E-state index >= 15 is 0 Å². The molecule has 1 aromatic heterocycles. The van der Waals surface area contributed by atoms with Crippen LogP contribution in [-0.4, -0.2) is 42.5 Å². The van der Waals surface area contributed by atoms with Gasteiger partial charge in [-0.15, -0.1) is 11.8 Å². The molecule has 11 heteroatoms. The summed E-state index contributed by atoms with van der Waals surface area (Å²) >= 11 is 1.36. The number of hydrogen-bond donors (Lipinski definition) is 0. The summed E-state index contributed by atoms with van der Waals surface area (Å²) in [6.45, 7) is 1.45. The Hall–Kier alpha value is -2.21. The number of sulfonamides is 1. The number of nitro benzene ring substituents is 1. The Morgan fingerprint density at radius 3 is 2.72 bits per heavy atom. The number of non-ortho nitro benzene ring substituents is 1. The third-order valence-corrected chi connectivity index (χ3v) is 7.64. The number of hydrogen-bond acceptors (Lipinski definition) is 8. The van der Waals surface area contributed by atoms with Crippen molar-refractivity contribution in [3.8, 4) is 5.75 Å². The lowest BCUT2D eigenvalue weighted by Crippen LogP contribution is -2.27. The number of thioether (sulfide) groups is 1. The molecule has 0 spiro atoms. The molecule has 1 fully saturated rings. The Morgan fingerprint density at radius 1 is 1.24 bits per heavy atom. The predicted molar refractivity (Wildman–Crippen MR) is 105 cm³/mol. The summed E-state index contributed by atoms with van der Waals surface area (Å²) < 4.78 is 37.4. The fourth-order valence-electron chi connectivity index (χ4n) is 3.33. The smallest absolute Gasteiger partial charge is 0.270 e. The van der Waals surface area contributed by atoms with E-state index in [1.807, 2.05) is 0 Å². The fraction of sp³-hybridized carbons (Fsp3) is 0.389. The van der Waals surface area contributed by atoms with Crippen molar-refractivity contribution < 1.29 is 22.8 Å². The number of pyridine rings is 1. The van der Waals surface area contributed by atoms with Gasteiger partial charge in [-0.3, -0.25) is 10.1 Å². The van der Waals surface area contributed by atoms with Crippen LogP contribution in [0.4, 0.5) is 5.69 Å². The zero-order chi connectivity index (χ0) is 20.4. The number of aromatic nitrogens is 1.